The van der Waals surface area contributed by atoms with E-state index in [1.807, 2.05) is 63.2 Å². The van der Waals surface area contributed by atoms with Crippen molar-refractivity contribution in [3.63, 3.8) is 0 Å². The predicted octanol–water partition coefficient (Wildman–Crippen LogP) is 2.61. The van der Waals surface area contributed by atoms with Crippen molar-refractivity contribution < 1.29 is 9.90 Å². The number of rotatable bonds is 4. The lowest BCUT2D eigenvalue weighted by molar-refractivity contribution is -0.130. The van der Waals surface area contributed by atoms with E-state index >= 15 is 0 Å². The molecule has 0 saturated heterocycles. The molecule has 1 aliphatic rings. The maximum absolute atomic E-state index is 12.8. The monoisotopic (exact) mass is 461 g/mol. The van der Waals surface area contributed by atoms with E-state index in [-0.39, 0.29) is 23.6 Å². The molecule has 1 amide bonds. The maximum atomic E-state index is 12.8. The van der Waals surface area contributed by atoms with Crippen LogP contribution in [0.25, 0.3) is 5.69 Å². The molecule has 9 nitrogen and oxygen atoms in total. The summed E-state index contributed by atoms with van der Waals surface area (Å²) in [6, 6.07) is 12.7. The van der Waals surface area contributed by atoms with E-state index in [1.165, 1.54) is 11.9 Å². The zero-order valence-corrected chi connectivity index (χ0v) is 19.8. The molecule has 2 aromatic carbocycles. The van der Waals surface area contributed by atoms with Crippen molar-refractivity contribution in [1.82, 2.24) is 14.6 Å². The summed E-state index contributed by atoms with van der Waals surface area (Å²) >= 11 is 0. The number of benzene rings is 2. The topological polar surface area (TPSA) is 111 Å². The van der Waals surface area contributed by atoms with Crippen molar-refractivity contribution in [3.05, 3.63) is 85.6 Å². The van der Waals surface area contributed by atoms with Gasteiger partial charge in [-0.1, -0.05) is 18.2 Å². The van der Waals surface area contributed by atoms with Gasteiger partial charge in [0.1, 0.15) is 5.56 Å². The zero-order valence-electron chi connectivity index (χ0n) is 19.8. The van der Waals surface area contributed by atoms with Crippen molar-refractivity contribution in [2.24, 2.45) is 5.10 Å². The van der Waals surface area contributed by atoms with Crippen molar-refractivity contribution >= 4 is 17.3 Å². The first-order chi connectivity index (χ1) is 16.1. The van der Waals surface area contributed by atoms with Crippen LogP contribution in [0.4, 0.5) is 5.69 Å². The van der Waals surface area contributed by atoms with Crippen LogP contribution in [0.5, 0.6) is 5.88 Å². The number of anilines is 1. The Kier molecular flexibility index (Phi) is 5.87. The van der Waals surface area contributed by atoms with E-state index in [0.29, 0.717) is 5.69 Å². The Morgan fingerprint density at radius 1 is 1.09 bits per heavy atom. The van der Waals surface area contributed by atoms with Gasteiger partial charge in [0.25, 0.3) is 5.56 Å². The predicted molar refractivity (Wildman–Crippen MR) is 131 cm³/mol. The number of nitrogens with zero attached hydrogens (tertiary/aromatic N) is 4. The van der Waals surface area contributed by atoms with Gasteiger partial charge in [-0.3, -0.25) is 14.6 Å². The van der Waals surface area contributed by atoms with Crippen LogP contribution in [0.15, 0.2) is 57.2 Å². The molecule has 0 radical (unpaired) electrons. The largest absolute Gasteiger partial charge is 0.493 e. The number of aromatic amines is 1. The van der Waals surface area contributed by atoms with Crippen molar-refractivity contribution in [1.29, 1.82) is 0 Å². The lowest BCUT2D eigenvalue weighted by atomic mass is 9.98. The zero-order chi connectivity index (χ0) is 24.7. The third-order valence-corrected chi connectivity index (χ3v) is 5.87. The minimum Gasteiger partial charge on any atom is -0.493 e. The van der Waals surface area contributed by atoms with Crippen molar-refractivity contribution in [2.45, 2.75) is 33.2 Å². The molecule has 0 saturated carbocycles. The summed E-state index contributed by atoms with van der Waals surface area (Å²) in [5.41, 5.74) is 2.67. The third-order valence-electron chi connectivity index (χ3n) is 5.87. The van der Waals surface area contributed by atoms with E-state index in [9.17, 15) is 19.5 Å². The molecule has 2 N–H and O–H groups in total. The van der Waals surface area contributed by atoms with Gasteiger partial charge in [0.2, 0.25) is 11.8 Å². The van der Waals surface area contributed by atoms with Gasteiger partial charge in [-0.05, 0) is 54.8 Å². The third kappa shape index (κ3) is 4.12. The van der Waals surface area contributed by atoms with Crippen molar-refractivity contribution in [2.75, 3.05) is 19.0 Å². The fraction of sp³-hybridized carbons (Fsp3) is 0.280. The number of amides is 1. The smallest absolute Gasteiger partial charge is 0.335 e. The SMILES string of the molecule is CC(=O)N1N=C(c2c(O)n(-c3cc(C)cc(C)c3)c(=O)[nH]c2=O)C[C@H]1c1ccc(N(C)C)cc1. The number of carbonyl (C=O) groups excluding carboxylic acids is 1. The van der Waals surface area contributed by atoms with Crippen LogP contribution < -0.4 is 16.1 Å². The maximum Gasteiger partial charge on any atom is 0.335 e. The molecule has 0 aliphatic carbocycles. The number of aromatic hydroxyl groups is 1. The molecule has 2 heterocycles. The van der Waals surface area contributed by atoms with Gasteiger partial charge in [0.15, 0.2) is 0 Å². The molecule has 0 bridgehead atoms. The van der Waals surface area contributed by atoms with Crippen LogP contribution in [0.3, 0.4) is 0 Å². The van der Waals surface area contributed by atoms with Gasteiger partial charge in [-0.2, -0.15) is 5.10 Å². The summed E-state index contributed by atoms with van der Waals surface area (Å²) in [5, 5.41) is 16.8. The lowest BCUT2D eigenvalue weighted by Gasteiger charge is -2.21. The number of aromatic nitrogens is 2. The van der Waals surface area contributed by atoms with Crippen LogP contribution in [0, 0.1) is 13.8 Å². The van der Waals surface area contributed by atoms with E-state index in [2.05, 4.69) is 10.1 Å². The van der Waals surface area contributed by atoms with Crippen LogP contribution in [0.2, 0.25) is 0 Å². The van der Waals surface area contributed by atoms with Gasteiger partial charge in [-0.15, -0.1) is 0 Å². The molecule has 0 fully saturated rings. The summed E-state index contributed by atoms with van der Waals surface area (Å²) in [7, 11) is 3.88. The molecule has 4 rings (SSSR count). The van der Waals surface area contributed by atoms with E-state index in [0.717, 1.165) is 26.9 Å². The molecule has 0 spiro atoms. The molecule has 1 aromatic heterocycles. The summed E-state index contributed by atoms with van der Waals surface area (Å²) < 4.78 is 1.05. The van der Waals surface area contributed by atoms with Gasteiger partial charge in [-0.25, -0.2) is 14.4 Å². The highest BCUT2D eigenvalue weighted by molar-refractivity contribution is 6.04. The van der Waals surface area contributed by atoms with E-state index in [4.69, 9.17) is 0 Å². The Labute approximate surface area is 196 Å². The fourth-order valence-electron chi connectivity index (χ4n) is 4.31. The quantitative estimate of drug-likeness (QED) is 0.621. The molecule has 9 heteroatoms. The number of nitrogens with one attached hydrogen (secondary N) is 1. The first-order valence-corrected chi connectivity index (χ1v) is 10.9. The molecule has 1 aliphatic heterocycles. The number of aryl methyl sites for hydroxylation is 2. The second kappa shape index (κ2) is 8.66. The number of hydrogen-bond acceptors (Lipinski definition) is 6. The second-order valence-corrected chi connectivity index (χ2v) is 8.76. The Morgan fingerprint density at radius 2 is 1.71 bits per heavy atom. The average molecular weight is 462 g/mol. The fourth-order valence-corrected chi connectivity index (χ4v) is 4.31. The summed E-state index contributed by atoms with van der Waals surface area (Å²) in [6.07, 6.45) is 0.211. The Hall–Kier alpha value is -4.14. The minimum atomic E-state index is -0.756. The van der Waals surface area contributed by atoms with Gasteiger partial charge in [0, 0.05) is 33.1 Å². The molecule has 34 heavy (non-hydrogen) atoms. The Bertz CT molecular complexity index is 1400. The standard InChI is InChI=1S/C25H27N5O4/c1-14-10-15(2)12-19(11-14)29-24(33)22(23(32)26-25(29)34)20-13-21(30(27-20)16(3)31)17-6-8-18(9-7-17)28(4)5/h6-12,21,33H,13H2,1-5H3,(H,26,32,34)/t21-/m0/s1. The van der Waals surface area contributed by atoms with Crippen LogP contribution >= 0.6 is 0 Å². The van der Waals surface area contributed by atoms with Gasteiger partial charge >= 0.3 is 5.69 Å². The summed E-state index contributed by atoms with van der Waals surface area (Å²) in [5.74, 6) is -0.806. The summed E-state index contributed by atoms with van der Waals surface area (Å²) in [6.45, 7) is 5.15. The molecular weight excluding hydrogens is 434 g/mol. The van der Waals surface area contributed by atoms with Crippen LogP contribution in [-0.4, -0.2) is 45.4 Å². The Balaban J connectivity index is 1.81. The van der Waals surface area contributed by atoms with E-state index in [1.54, 1.807) is 12.1 Å². The first-order valence-electron chi connectivity index (χ1n) is 10.9. The second-order valence-electron chi connectivity index (χ2n) is 8.76. The Morgan fingerprint density at radius 3 is 2.26 bits per heavy atom. The number of hydrogen-bond donors (Lipinski definition) is 2. The highest BCUT2D eigenvalue weighted by atomic mass is 16.3. The highest BCUT2D eigenvalue weighted by Crippen LogP contribution is 2.34. The van der Waals surface area contributed by atoms with Gasteiger partial charge < -0.3 is 10.0 Å². The van der Waals surface area contributed by atoms with Crippen molar-refractivity contribution in [3.8, 4) is 11.6 Å². The minimum absolute atomic E-state index is 0.127. The van der Waals surface area contributed by atoms with Gasteiger partial charge in [0.05, 0.1) is 17.4 Å². The molecule has 176 valence electrons. The van der Waals surface area contributed by atoms with Crippen LogP contribution in [-0.2, 0) is 4.79 Å². The molecular formula is C25H27N5O4. The molecule has 0 unspecified atom stereocenters. The van der Waals surface area contributed by atoms with Crippen LogP contribution in [0.1, 0.15) is 41.6 Å². The number of carbonyl (C=O) groups is 1. The lowest BCUT2D eigenvalue weighted by Crippen LogP contribution is -2.33. The normalized spacial score (nSPS) is 15.4. The molecule has 3 aromatic rings. The molecule has 1 atom stereocenters. The number of H-pyrrole nitrogens is 1. The first kappa shape index (κ1) is 23.0. The average Bonchev–Trinajstić information content (AvgIpc) is 3.18. The highest BCUT2D eigenvalue weighted by Gasteiger charge is 2.34. The van der Waals surface area contributed by atoms with E-state index < -0.39 is 23.2 Å². The summed E-state index contributed by atoms with van der Waals surface area (Å²) in [4.78, 5) is 42.0. The number of hydrazone groups is 1.